The number of morpholine rings is 1. The summed E-state index contributed by atoms with van der Waals surface area (Å²) in [5.41, 5.74) is 6.96. The molecule has 1 aromatic heterocycles. The quantitative estimate of drug-likeness (QED) is 0.866. The van der Waals surface area contributed by atoms with Gasteiger partial charge in [-0.15, -0.1) is 0 Å². The van der Waals surface area contributed by atoms with Crippen LogP contribution in [0.2, 0.25) is 0 Å². The number of halogens is 3. The molecule has 0 unspecified atom stereocenters. The molecule has 0 amide bonds. The number of hydrogen-bond donors (Lipinski definition) is 2. The number of nitrogens with zero attached hydrogens (tertiary/aromatic N) is 2. The second kappa shape index (κ2) is 7.78. The van der Waals surface area contributed by atoms with Gasteiger partial charge >= 0.3 is 6.18 Å². The van der Waals surface area contributed by atoms with E-state index in [1.54, 1.807) is 0 Å². The molecule has 2 aliphatic rings. The average molecular weight is 358 g/mol. The first-order valence-electron chi connectivity index (χ1n) is 8.80. The maximum absolute atomic E-state index is 12.8. The van der Waals surface area contributed by atoms with E-state index in [9.17, 15) is 13.2 Å². The van der Waals surface area contributed by atoms with Crippen molar-refractivity contribution in [3.8, 4) is 0 Å². The minimum absolute atomic E-state index is 0.0177. The summed E-state index contributed by atoms with van der Waals surface area (Å²) in [6, 6.07) is 3.81. The predicted molar refractivity (Wildman–Crippen MR) is 90.2 cm³/mol. The number of anilines is 2. The maximum atomic E-state index is 12.8. The molecule has 8 heteroatoms. The van der Waals surface area contributed by atoms with Crippen LogP contribution in [0.1, 0.15) is 31.2 Å². The van der Waals surface area contributed by atoms with Crippen LogP contribution >= 0.6 is 0 Å². The van der Waals surface area contributed by atoms with Gasteiger partial charge in [0.2, 0.25) is 0 Å². The van der Waals surface area contributed by atoms with Gasteiger partial charge in [0.25, 0.3) is 0 Å². The highest BCUT2D eigenvalue weighted by molar-refractivity contribution is 5.47. The van der Waals surface area contributed by atoms with Gasteiger partial charge in [0.05, 0.1) is 19.1 Å². The molecular formula is C17H25F3N4O. The third kappa shape index (κ3) is 5.22. The lowest BCUT2D eigenvalue weighted by atomic mass is 9.85. The Hall–Kier alpha value is -1.54. The molecule has 1 aromatic rings. The van der Waals surface area contributed by atoms with Crippen LogP contribution in [0.4, 0.5) is 24.8 Å². The van der Waals surface area contributed by atoms with Gasteiger partial charge in [-0.25, -0.2) is 4.98 Å². The van der Waals surface area contributed by atoms with Gasteiger partial charge in [0.1, 0.15) is 11.6 Å². The molecule has 25 heavy (non-hydrogen) atoms. The molecule has 0 bridgehead atoms. The van der Waals surface area contributed by atoms with E-state index in [0.717, 1.165) is 38.4 Å². The second-order valence-electron chi connectivity index (χ2n) is 6.91. The predicted octanol–water partition coefficient (Wildman–Crippen LogP) is 3.03. The van der Waals surface area contributed by atoms with E-state index >= 15 is 0 Å². The Bertz CT molecular complexity index is 568. The normalized spacial score (nSPS) is 25.7. The third-order valence-corrected chi connectivity index (χ3v) is 4.96. The van der Waals surface area contributed by atoms with Crippen LogP contribution in [0.3, 0.4) is 0 Å². The Morgan fingerprint density at radius 3 is 2.48 bits per heavy atom. The molecule has 2 fully saturated rings. The van der Waals surface area contributed by atoms with Gasteiger partial charge in [-0.2, -0.15) is 13.2 Å². The first-order chi connectivity index (χ1) is 11.9. The van der Waals surface area contributed by atoms with Gasteiger partial charge in [0.15, 0.2) is 0 Å². The molecular weight excluding hydrogens is 333 g/mol. The van der Waals surface area contributed by atoms with Crippen molar-refractivity contribution in [1.29, 1.82) is 0 Å². The molecule has 3 rings (SSSR count). The third-order valence-electron chi connectivity index (χ3n) is 4.96. The van der Waals surface area contributed by atoms with Gasteiger partial charge in [-0.3, -0.25) is 4.90 Å². The first-order valence-corrected chi connectivity index (χ1v) is 8.80. The van der Waals surface area contributed by atoms with Gasteiger partial charge in [0, 0.05) is 25.7 Å². The summed E-state index contributed by atoms with van der Waals surface area (Å²) in [4.78, 5) is 6.58. The van der Waals surface area contributed by atoms with E-state index in [1.807, 2.05) is 12.1 Å². The summed E-state index contributed by atoms with van der Waals surface area (Å²) >= 11 is 0. The zero-order valence-corrected chi connectivity index (χ0v) is 14.2. The fourth-order valence-corrected chi connectivity index (χ4v) is 3.57. The number of ether oxygens (including phenoxy) is 1. The summed E-state index contributed by atoms with van der Waals surface area (Å²) in [5, 5.41) is 3.27. The van der Waals surface area contributed by atoms with Crippen LogP contribution in [0.15, 0.2) is 12.1 Å². The van der Waals surface area contributed by atoms with E-state index in [-0.39, 0.29) is 18.9 Å². The maximum Gasteiger partial charge on any atom is 0.391 e. The summed E-state index contributed by atoms with van der Waals surface area (Å²) in [6.07, 6.45) is -2.74. The molecule has 140 valence electrons. The highest BCUT2D eigenvalue weighted by Crippen LogP contribution is 2.38. The molecule has 1 saturated carbocycles. The van der Waals surface area contributed by atoms with E-state index in [1.165, 1.54) is 0 Å². The molecule has 0 spiro atoms. The molecule has 0 aromatic carbocycles. The molecule has 2 heterocycles. The Kier molecular flexibility index (Phi) is 5.68. The summed E-state index contributed by atoms with van der Waals surface area (Å²) in [5.74, 6) is -0.0906. The van der Waals surface area contributed by atoms with Crippen molar-refractivity contribution in [2.45, 2.75) is 44.4 Å². The van der Waals surface area contributed by atoms with Crippen LogP contribution in [0.5, 0.6) is 0 Å². The van der Waals surface area contributed by atoms with Crippen molar-refractivity contribution in [2.75, 3.05) is 37.4 Å². The van der Waals surface area contributed by atoms with E-state index in [0.29, 0.717) is 24.5 Å². The van der Waals surface area contributed by atoms with Gasteiger partial charge in [-0.1, -0.05) is 0 Å². The number of nitrogen functional groups attached to an aromatic ring is 1. The van der Waals surface area contributed by atoms with Crippen molar-refractivity contribution < 1.29 is 17.9 Å². The SMILES string of the molecule is Nc1cc(CN2CCOCC2)cc(NC2CCC(C(F)(F)F)CC2)n1. The summed E-state index contributed by atoms with van der Waals surface area (Å²) in [7, 11) is 0. The van der Waals surface area contributed by atoms with Crippen LogP contribution in [0.25, 0.3) is 0 Å². The lowest BCUT2D eigenvalue weighted by molar-refractivity contribution is -0.182. The number of nitrogens with one attached hydrogen (secondary N) is 1. The second-order valence-corrected chi connectivity index (χ2v) is 6.91. The van der Waals surface area contributed by atoms with Crippen molar-refractivity contribution in [1.82, 2.24) is 9.88 Å². The van der Waals surface area contributed by atoms with Crippen LogP contribution in [0, 0.1) is 5.92 Å². The fraction of sp³-hybridized carbons (Fsp3) is 0.706. The van der Waals surface area contributed by atoms with Gasteiger partial charge < -0.3 is 15.8 Å². The Labute approximate surface area is 145 Å². The zero-order chi connectivity index (χ0) is 17.9. The largest absolute Gasteiger partial charge is 0.391 e. The smallest absolute Gasteiger partial charge is 0.384 e. The fourth-order valence-electron chi connectivity index (χ4n) is 3.57. The monoisotopic (exact) mass is 358 g/mol. The molecule has 3 N–H and O–H groups in total. The van der Waals surface area contributed by atoms with Crippen molar-refractivity contribution in [3.63, 3.8) is 0 Å². The first kappa shape index (κ1) is 18.3. The number of aromatic nitrogens is 1. The molecule has 0 radical (unpaired) electrons. The summed E-state index contributed by atoms with van der Waals surface area (Å²) < 4.78 is 43.6. The van der Waals surface area contributed by atoms with Crippen LogP contribution < -0.4 is 11.1 Å². The number of hydrogen-bond acceptors (Lipinski definition) is 5. The van der Waals surface area contributed by atoms with Crippen molar-refractivity contribution in [2.24, 2.45) is 5.92 Å². The highest BCUT2D eigenvalue weighted by Gasteiger charge is 2.41. The highest BCUT2D eigenvalue weighted by atomic mass is 19.4. The number of rotatable bonds is 4. The van der Waals surface area contributed by atoms with E-state index < -0.39 is 12.1 Å². The Morgan fingerprint density at radius 1 is 1.16 bits per heavy atom. The zero-order valence-electron chi connectivity index (χ0n) is 14.2. The topological polar surface area (TPSA) is 63.4 Å². The average Bonchev–Trinajstić information content (AvgIpc) is 2.55. The molecule has 1 aliphatic heterocycles. The van der Waals surface area contributed by atoms with E-state index in [4.69, 9.17) is 10.5 Å². The van der Waals surface area contributed by atoms with Crippen LogP contribution in [-0.4, -0.2) is 48.4 Å². The minimum Gasteiger partial charge on any atom is -0.384 e. The summed E-state index contributed by atoms with van der Waals surface area (Å²) in [6.45, 7) is 3.99. The standard InChI is InChI=1S/C17H25F3N4O/c18-17(19,20)13-1-3-14(4-2-13)22-16-10-12(9-15(21)23-16)11-24-5-7-25-8-6-24/h9-10,13-14H,1-8,11H2,(H3,21,22,23). The van der Waals surface area contributed by atoms with Crippen LogP contribution in [-0.2, 0) is 11.3 Å². The lowest BCUT2D eigenvalue weighted by Gasteiger charge is -2.31. The van der Waals surface area contributed by atoms with Gasteiger partial charge in [-0.05, 0) is 43.4 Å². The number of nitrogens with two attached hydrogens (primary N) is 1. The molecule has 1 aliphatic carbocycles. The lowest BCUT2D eigenvalue weighted by Crippen LogP contribution is -2.35. The van der Waals surface area contributed by atoms with Crippen molar-refractivity contribution >= 4 is 11.6 Å². The Morgan fingerprint density at radius 2 is 1.84 bits per heavy atom. The van der Waals surface area contributed by atoms with E-state index in [2.05, 4.69) is 15.2 Å². The number of pyridine rings is 1. The minimum atomic E-state index is -4.08. The molecule has 5 nitrogen and oxygen atoms in total. The number of alkyl halides is 3. The molecule has 0 atom stereocenters. The Balaban J connectivity index is 1.57. The molecule has 1 saturated heterocycles. The van der Waals surface area contributed by atoms with Crippen molar-refractivity contribution in [3.05, 3.63) is 17.7 Å².